The fraction of sp³-hybridized carbons (Fsp3) is 0.357. The number of benzene rings is 1. The quantitative estimate of drug-likeness (QED) is 0.902. The van der Waals surface area contributed by atoms with Gasteiger partial charge in [-0.1, -0.05) is 18.2 Å². The van der Waals surface area contributed by atoms with Crippen LogP contribution in [0.2, 0.25) is 0 Å². The molecule has 0 saturated heterocycles. The predicted molar refractivity (Wildman–Crippen MR) is 65.7 cm³/mol. The second kappa shape index (κ2) is 4.90. The zero-order valence-corrected chi connectivity index (χ0v) is 10.1. The topological polar surface area (TPSA) is 38.1 Å². The van der Waals surface area contributed by atoms with E-state index in [0.29, 0.717) is 24.3 Å². The normalized spacial score (nSPS) is 14.5. The number of hydrogen-bond donors (Lipinski definition) is 1. The summed E-state index contributed by atoms with van der Waals surface area (Å²) in [5.41, 5.74) is 1.72. The molecule has 2 heterocycles. The Bertz CT molecular complexity index is 527. The standard InChI is InChI=1S/C14H15FN2O/c15-11-4-2-1-3-10(11)5-6-14-17-12-9-16-8-7-13(12)18-14/h1-4,16H,5-9H2. The minimum atomic E-state index is -0.157. The molecule has 0 unspecified atom stereocenters. The first-order valence-corrected chi connectivity index (χ1v) is 6.24. The molecule has 3 nitrogen and oxygen atoms in total. The third-order valence-electron chi connectivity index (χ3n) is 3.21. The summed E-state index contributed by atoms with van der Waals surface area (Å²) in [6, 6.07) is 6.84. The molecule has 0 aliphatic carbocycles. The third kappa shape index (κ3) is 2.29. The largest absolute Gasteiger partial charge is 0.445 e. The van der Waals surface area contributed by atoms with Crippen molar-refractivity contribution in [1.29, 1.82) is 0 Å². The molecule has 1 aliphatic rings. The number of fused-ring (bicyclic) bond motifs is 1. The molecular weight excluding hydrogens is 231 g/mol. The minimum absolute atomic E-state index is 0.157. The Balaban J connectivity index is 1.70. The second-order valence-corrected chi connectivity index (χ2v) is 4.50. The van der Waals surface area contributed by atoms with Gasteiger partial charge in [-0.05, 0) is 18.1 Å². The molecule has 1 aromatic heterocycles. The van der Waals surface area contributed by atoms with Crippen LogP contribution in [0.3, 0.4) is 0 Å². The van der Waals surface area contributed by atoms with E-state index in [0.717, 1.165) is 31.0 Å². The number of aryl methyl sites for hydroxylation is 2. The summed E-state index contributed by atoms with van der Waals surface area (Å²) in [4.78, 5) is 4.44. The van der Waals surface area contributed by atoms with Gasteiger partial charge in [0.15, 0.2) is 5.89 Å². The first-order chi connectivity index (χ1) is 8.83. The number of hydrogen-bond acceptors (Lipinski definition) is 3. The lowest BCUT2D eigenvalue weighted by Gasteiger charge is -2.08. The van der Waals surface area contributed by atoms with Crippen molar-refractivity contribution in [3.63, 3.8) is 0 Å². The van der Waals surface area contributed by atoms with Crippen LogP contribution in [0.5, 0.6) is 0 Å². The molecule has 0 atom stereocenters. The van der Waals surface area contributed by atoms with E-state index in [2.05, 4.69) is 10.3 Å². The molecule has 3 rings (SSSR count). The number of halogens is 1. The van der Waals surface area contributed by atoms with Gasteiger partial charge in [-0.3, -0.25) is 0 Å². The Morgan fingerprint density at radius 2 is 2.17 bits per heavy atom. The van der Waals surface area contributed by atoms with Gasteiger partial charge >= 0.3 is 0 Å². The highest BCUT2D eigenvalue weighted by Gasteiger charge is 2.16. The molecule has 0 saturated carbocycles. The number of nitrogens with zero attached hydrogens (tertiary/aromatic N) is 1. The van der Waals surface area contributed by atoms with Crippen molar-refractivity contribution in [2.75, 3.05) is 6.54 Å². The maximum Gasteiger partial charge on any atom is 0.195 e. The zero-order chi connectivity index (χ0) is 12.4. The molecule has 2 aromatic rings. The Labute approximate surface area is 105 Å². The lowest BCUT2D eigenvalue weighted by molar-refractivity contribution is 0.437. The van der Waals surface area contributed by atoms with Crippen LogP contribution < -0.4 is 5.32 Å². The van der Waals surface area contributed by atoms with Crippen molar-refractivity contribution in [3.8, 4) is 0 Å². The first-order valence-electron chi connectivity index (χ1n) is 6.24. The van der Waals surface area contributed by atoms with Gasteiger partial charge in [0.25, 0.3) is 0 Å². The Morgan fingerprint density at radius 1 is 1.28 bits per heavy atom. The Kier molecular flexibility index (Phi) is 3.11. The highest BCUT2D eigenvalue weighted by Crippen LogP contribution is 2.17. The maximum atomic E-state index is 13.5. The molecule has 1 aromatic carbocycles. The Hall–Kier alpha value is -1.68. The molecule has 1 aliphatic heterocycles. The van der Waals surface area contributed by atoms with Crippen LogP contribution in [0.15, 0.2) is 28.7 Å². The third-order valence-corrected chi connectivity index (χ3v) is 3.21. The fourth-order valence-corrected chi connectivity index (χ4v) is 2.23. The van der Waals surface area contributed by atoms with Gasteiger partial charge in [-0.15, -0.1) is 0 Å². The van der Waals surface area contributed by atoms with Crippen molar-refractivity contribution in [2.24, 2.45) is 0 Å². The summed E-state index contributed by atoms with van der Waals surface area (Å²) < 4.78 is 19.2. The average Bonchev–Trinajstić information content (AvgIpc) is 2.80. The zero-order valence-electron chi connectivity index (χ0n) is 10.1. The van der Waals surface area contributed by atoms with Crippen molar-refractivity contribution < 1.29 is 8.81 Å². The van der Waals surface area contributed by atoms with E-state index in [9.17, 15) is 4.39 Å². The second-order valence-electron chi connectivity index (χ2n) is 4.50. The molecule has 0 bridgehead atoms. The molecule has 94 valence electrons. The summed E-state index contributed by atoms with van der Waals surface area (Å²) in [5.74, 6) is 1.54. The van der Waals surface area contributed by atoms with Gasteiger partial charge < -0.3 is 9.73 Å². The SMILES string of the molecule is Fc1ccccc1CCc1nc2c(o1)CCNC2. The predicted octanol–water partition coefficient (Wildman–Crippen LogP) is 2.24. The summed E-state index contributed by atoms with van der Waals surface area (Å²) >= 11 is 0. The van der Waals surface area contributed by atoms with Crippen molar-refractivity contribution in [2.45, 2.75) is 25.8 Å². The fourth-order valence-electron chi connectivity index (χ4n) is 2.23. The van der Waals surface area contributed by atoms with Gasteiger partial charge in [0.2, 0.25) is 0 Å². The van der Waals surface area contributed by atoms with Crippen LogP contribution in [0.25, 0.3) is 0 Å². The molecule has 1 N–H and O–H groups in total. The summed E-state index contributed by atoms with van der Waals surface area (Å²) in [6.07, 6.45) is 2.16. The van der Waals surface area contributed by atoms with E-state index < -0.39 is 0 Å². The van der Waals surface area contributed by atoms with E-state index in [1.165, 1.54) is 6.07 Å². The van der Waals surface area contributed by atoms with Crippen LogP contribution in [0.4, 0.5) is 4.39 Å². The van der Waals surface area contributed by atoms with E-state index in [1.807, 2.05) is 6.07 Å². The summed E-state index contributed by atoms with van der Waals surface area (Å²) in [7, 11) is 0. The molecule has 0 radical (unpaired) electrons. The van der Waals surface area contributed by atoms with E-state index in [1.54, 1.807) is 12.1 Å². The van der Waals surface area contributed by atoms with Crippen LogP contribution in [0, 0.1) is 5.82 Å². The van der Waals surface area contributed by atoms with Crippen LogP contribution in [-0.2, 0) is 25.8 Å². The molecule has 4 heteroatoms. The highest BCUT2D eigenvalue weighted by molar-refractivity contribution is 5.19. The van der Waals surface area contributed by atoms with Gasteiger partial charge in [0, 0.05) is 25.9 Å². The molecular formula is C14H15FN2O. The van der Waals surface area contributed by atoms with Crippen molar-refractivity contribution >= 4 is 0 Å². The smallest absolute Gasteiger partial charge is 0.195 e. The maximum absolute atomic E-state index is 13.5. The highest BCUT2D eigenvalue weighted by atomic mass is 19.1. The minimum Gasteiger partial charge on any atom is -0.445 e. The van der Waals surface area contributed by atoms with Gasteiger partial charge in [0.05, 0.1) is 5.69 Å². The lowest BCUT2D eigenvalue weighted by Crippen LogP contribution is -2.22. The van der Waals surface area contributed by atoms with Crippen molar-refractivity contribution in [3.05, 3.63) is 53.0 Å². The number of rotatable bonds is 3. The first kappa shape index (κ1) is 11.4. The van der Waals surface area contributed by atoms with Crippen LogP contribution in [-0.4, -0.2) is 11.5 Å². The Morgan fingerprint density at radius 3 is 3.00 bits per heavy atom. The monoisotopic (exact) mass is 246 g/mol. The summed E-state index contributed by atoms with van der Waals surface area (Å²) in [6.45, 7) is 1.72. The average molecular weight is 246 g/mol. The van der Waals surface area contributed by atoms with E-state index in [4.69, 9.17) is 4.42 Å². The molecule has 0 fully saturated rings. The molecule has 0 amide bonds. The number of oxazole rings is 1. The van der Waals surface area contributed by atoms with Crippen LogP contribution in [0.1, 0.15) is 22.9 Å². The number of nitrogens with one attached hydrogen (secondary N) is 1. The van der Waals surface area contributed by atoms with E-state index >= 15 is 0 Å². The van der Waals surface area contributed by atoms with Crippen LogP contribution >= 0.6 is 0 Å². The van der Waals surface area contributed by atoms with Gasteiger partial charge in [-0.2, -0.15) is 0 Å². The van der Waals surface area contributed by atoms with Gasteiger partial charge in [0.1, 0.15) is 11.6 Å². The van der Waals surface area contributed by atoms with Crippen molar-refractivity contribution in [1.82, 2.24) is 10.3 Å². The molecule has 0 spiro atoms. The summed E-state index contributed by atoms with van der Waals surface area (Å²) in [5, 5.41) is 3.25. The van der Waals surface area contributed by atoms with Gasteiger partial charge in [-0.25, -0.2) is 9.37 Å². The number of aromatic nitrogens is 1. The van der Waals surface area contributed by atoms with E-state index in [-0.39, 0.29) is 5.82 Å². The molecule has 18 heavy (non-hydrogen) atoms. The lowest BCUT2D eigenvalue weighted by atomic mass is 10.1.